The second kappa shape index (κ2) is 11.7. The number of aliphatic hydroxyl groups is 5. The van der Waals surface area contributed by atoms with E-state index in [9.17, 15) is 35.1 Å². The number of aliphatic hydroxyl groups excluding tert-OH is 5. The van der Waals surface area contributed by atoms with E-state index in [1.807, 2.05) is 0 Å². The van der Waals surface area contributed by atoms with Crippen molar-refractivity contribution in [3.63, 3.8) is 0 Å². The minimum atomic E-state index is -1.83. The van der Waals surface area contributed by atoms with Crippen LogP contribution in [-0.4, -0.2) is 115 Å². The van der Waals surface area contributed by atoms with Crippen LogP contribution in [0.4, 0.5) is 17.3 Å². The Labute approximate surface area is 250 Å². The number of anilines is 1. The van der Waals surface area contributed by atoms with Gasteiger partial charge >= 0.3 is 5.97 Å². The van der Waals surface area contributed by atoms with Crippen LogP contribution in [0.15, 0.2) is 72.0 Å². The van der Waals surface area contributed by atoms with Gasteiger partial charge in [-0.2, -0.15) is 14.5 Å². The molecule has 2 aromatic carbocycles. The molecular weight excluding hydrogens is 578 g/mol. The number of nitrogens with zero attached hydrogens (tertiary/aromatic N) is 4. The van der Waals surface area contributed by atoms with Crippen LogP contribution in [0.25, 0.3) is 0 Å². The van der Waals surface area contributed by atoms with Crippen LogP contribution in [0.5, 0.6) is 0 Å². The molecule has 15 heteroatoms. The smallest absolute Gasteiger partial charge is 0.338 e. The maximum Gasteiger partial charge on any atom is 0.338 e. The fraction of sp³-hybridized carbons (Fsp3) is 0.345. The summed E-state index contributed by atoms with van der Waals surface area (Å²) < 4.78 is 16.8. The third kappa shape index (κ3) is 4.85. The van der Waals surface area contributed by atoms with Crippen LogP contribution < -0.4 is 10.2 Å². The number of aromatic nitrogens is 2. The normalized spacial score (nSPS) is 33.5. The highest BCUT2D eigenvalue weighted by atomic mass is 16.6. The molecule has 0 bridgehead atoms. The lowest BCUT2D eigenvalue weighted by atomic mass is 9.97. The summed E-state index contributed by atoms with van der Waals surface area (Å²) in [4.78, 5) is 39.4. The number of benzene rings is 2. The molecule has 2 saturated heterocycles. The van der Waals surface area contributed by atoms with Gasteiger partial charge in [0.25, 0.3) is 5.82 Å². The minimum absolute atomic E-state index is 0.0192. The number of quaternary nitrogens is 1. The van der Waals surface area contributed by atoms with Crippen LogP contribution in [0.1, 0.15) is 20.7 Å². The van der Waals surface area contributed by atoms with Gasteiger partial charge in [-0.3, -0.25) is 4.79 Å². The second-order valence-electron chi connectivity index (χ2n) is 10.7. The molecule has 10 atom stereocenters. The third-order valence-electron chi connectivity index (χ3n) is 8.03. The molecule has 3 aromatic rings. The number of esters is 1. The first-order chi connectivity index (χ1) is 21.1. The number of Topliss-reactive ketones (excluding diaryl/α,β-unsaturated/α-hetero) is 1. The largest absolute Gasteiger partial charge is 0.447 e. The summed E-state index contributed by atoms with van der Waals surface area (Å²) in [6.45, 7) is -0.425. The van der Waals surface area contributed by atoms with Crippen LogP contribution in [-0.2, 0) is 14.2 Å². The maximum atomic E-state index is 13.8. The Hall–Kier alpha value is -4.19. The molecule has 15 nitrogen and oxygen atoms in total. The molecule has 0 spiro atoms. The topological polar surface area (TPSA) is 227 Å². The van der Waals surface area contributed by atoms with Gasteiger partial charge in [-0.15, -0.1) is 0 Å². The van der Waals surface area contributed by atoms with E-state index in [0.29, 0.717) is 0 Å². The molecule has 230 valence electrons. The molecule has 0 aliphatic carbocycles. The zero-order valence-electron chi connectivity index (χ0n) is 23.0. The Morgan fingerprint density at radius 2 is 1.50 bits per heavy atom. The molecule has 3 aliphatic heterocycles. The summed E-state index contributed by atoms with van der Waals surface area (Å²) in [6.07, 6.45) is -12.8. The van der Waals surface area contributed by atoms with Gasteiger partial charge in [0.2, 0.25) is 24.6 Å². The van der Waals surface area contributed by atoms with Gasteiger partial charge in [0.15, 0.2) is 29.8 Å². The van der Waals surface area contributed by atoms with Gasteiger partial charge < -0.3 is 45.5 Å². The predicted octanol–water partition coefficient (Wildman–Crippen LogP) is -0.966. The van der Waals surface area contributed by atoms with Gasteiger partial charge in [-0.1, -0.05) is 48.5 Å². The number of hydrogen-bond donors (Lipinski definition) is 6. The van der Waals surface area contributed by atoms with Gasteiger partial charge in [-0.25, -0.2) is 9.78 Å². The maximum absolute atomic E-state index is 13.8. The van der Waals surface area contributed by atoms with Gasteiger partial charge in [-0.05, 0) is 12.1 Å². The van der Waals surface area contributed by atoms with Crippen LogP contribution in [0, 0.1) is 0 Å². The Kier molecular flexibility index (Phi) is 7.95. The summed E-state index contributed by atoms with van der Waals surface area (Å²) in [5, 5.41) is 54.7. The number of hydrogen-bond acceptors (Lipinski definition) is 14. The molecule has 2 fully saturated rings. The van der Waals surface area contributed by atoms with E-state index in [4.69, 9.17) is 19.9 Å². The van der Waals surface area contributed by atoms with E-state index in [1.54, 1.807) is 36.4 Å². The number of nitrogens with two attached hydrogens (primary N) is 1. The van der Waals surface area contributed by atoms with E-state index in [2.05, 4.69) is 15.0 Å². The van der Waals surface area contributed by atoms with Crippen molar-refractivity contribution in [1.82, 2.24) is 14.5 Å². The van der Waals surface area contributed by atoms with Crippen LogP contribution >= 0.6 is 0 Å². The molecule has 1 aromatic heterocycles. The molecule has 4 heterocycles. The van der Waals surface area contributed by atoms with Crippen molar-refractivity contribution in [2.75, 3.05) is 12.3 Å². The number of rotatable bonds is 7. The number of aliphatic imine (C=N–C) groups is 1. The Bertz CT molecular complexity index is 1560. The Morgan fingerprint density at radius 3 is 2.18 bits per heavy atom. The first-order valence-corrected chi connectivity index (χ1v) is 13.7. The number of carbonyl (C=O) groups excluding carboxylic acids is 2. The lowest BCUT2D eigenvalue weighted by Crippen LogP contribution is -2.73. The molecule has 3 unspecified atom stereocenters. The van der Waals surface area contributed by atoms with E-state index in [0.717, 1.165) is 6.33 Å². The lowest BCUT2D eigenvalue weighted by Gasteiger charge is -2.46. The predicted molar refractivity (Wildman–Crippen MR) is 151 cm³/mol. The fourth-order valence-corrected chi connectivity index (χ4v) is 5.76. The molecule has 3 aliphatic rings. The van der Waals surface area contributed by atoms with Crippen LogP contribution in [0.3, 0.4) is 0 Å². The lowest BCUT2D eigenvalue weighted by molar-refractivity contribution is -0.237. The number of carbonyl (C=O) groups is 2. The molecule has 6 rings (SSSR count). The number of fused-ring (bicyclic) bond motifs is 1. The second-order valence-corrected chi connectivity index (χ2v) is 10.7. The monoisotopic (exact) mass is 608 g/mol. The molecule has 0 amide bonds. The summed E-state index contributed by atoms with van der Waals surface area (Å²) in [6, 6.07) is 15.8. The van der Waals surface area contributed by atoms with Crippen molar-refractivity contribution in [3.05, 3.63) is 78.1 Å². The standard InChI is InChI=1S/C29H30N5O10/c30-25-17-26(32-12-31-25)34(13-33-17,27-21(39)19(37)16(35)11-42-27)28-22(40)20(38)24(43-28)23(18(36)14-7-3-1-4-8-14)44-29(41)15-9-5-2-6-10-15/h1-10,12-13,16,19-24,27-28,35,37-40H,11H2,(H2,30,31,32)/q+1/t16-,19-,20+,21-,22-,23?,24+,27?,28-,34?/m1/s1. The first-order valence-electron chi connectivity index (χ1n) is 13.7. The summed E-state index contributed by atoms with van der Waals surface area (Å²) in [5.74, 6) is -1.67. The van der Waals surface area contributed by atoms with E-state index < -0.39 is 78.0 Å². The Balaban J connectivity index is 1.42. The van der Waals surface area contributed by atoms with Crippen molar-refractivity contribution >= 4 is 35.4 Å². The first kappa shape index (κ1) is 29.9. The third-order valence-corrected chi connectivity index (χ3v) is 8.03. The molecule has 7 N–H and O–H groups in total. The highest BCUT2D eigenvalue weighted by Gasteiger charge is 2.66. The highest BCUT2D eigenvalue weighted by molar-refractivity contribution is 6.02. The Morgan fingerprint density at radius 1 is 0.864 bits per heavy atom. The van der Waals surface area contributed by atoms with Crippen LogP contribution in [0.2, 0.25) is 0 Å². The average molecular weight is 609 g/mol. The number of ether oxygens (including phenoxy) is 3. The average Bonchev–Trinajstić information content (AvgIpc) is 3.57. The van der Waals surface area contributed by atoms with Crippen molar-refractivity contribution < 1.29 is 49.3 Å². The molecule has 0 saturated carbocycles. The van der Waals surface area contributed by atoms with Crippen molar-refractivity contribution in [2.45, 2.75) is 55.2 Å². The summed E-state index contributed by atoms with van der Waals surface area (Å²) >= 11 is 0. The van der Waals surface area contributed by atoms with E-state index in [-0.39, 0.29) is 28.5 Å². The number of nitrogen functional groups attached to an aromatic ring is 1. The quantitative estimate of drug-likeness (QED) is 0.108. The van der Waals surface area contributed by atoms with Crippen molar-refractivity contribution in [3.8, 4) is 0 Å². The zero-order chi connectivity index (χ0) is 31.2. The molecule has 44 heavy (non-hydrogen) atoms. The van der Waals surface area contributed by atoms with E-state index >= 15 is 0 Å². The zero-order valence-corrected chi connectivity index (χ0v) is 23.0. The molecule has 0 radical (unpaired) electrons. The minimum Gasteiger partial charge on any atom is -0.447 e. The van der Waals surface area contributed by atoms with Crippen molar-refractivity contribution in [2.24, 2.45) is 4.99 Å². The van der Waals surface area contributed by atoms with Gasteiger partial charge in [0.1, 0.15) is 30.7 Å². The van der Waals surface area contributed by atoms with Crippen molar-refractivity contribution in [1.29, 1.82) is 0 Å². The highest BCUT2D eigenvalue weighted by Crippen LogP contribution is 2.47. The molecular formula is C29H30N5O10+. The SMILES string of the molecule is Nc1ncnc2c1N=C[N+]2(C1OC[C@@H](O)[C@@H](O)[C@H]1O)[C@@H]1O[C@H](C(OC(=O)c2ccccc2)C(=O)c2ccccc2)[C@@H](O)[C@H]1O. The summed E-state index contributed by atoms with van der Waals surface area (Å²) in [5.41, 5.74) is 6.36. The summed E-state index contributed by atoms with van der Waals surface area (Å²) in [7, 11) is 0. The van der Waals surface area contributed by atoms with E-state index in [1.165, 1.54) is 30.6 Å². The fourth-order valence-electron chi connectivity index (χ4n) is 5.76. The number of ketones is 1. The van der Waals surface area contributed by atoms with Gasteiger partial charge in [0, 0.05) is 5.56 Å². The van der Waals surface area contributed by atoms with Gasteiger partial charge in [0.05, 0.1) is 12.2 Å².